The highest BCUT2D eigenvalue weighted by Gasteiger charge is 2.07. The fourth-order valence-electron chi connectivity index (χ4n) is 2.12. The predicted molar refractivity (Wildman–Crippen MR) is 93.1 cm³/mol. The van der Waals surface area contributed by atoms with Crippen molar-refractivity contribution in [3.05, 3.63) is 71.0 Å². The molecule has 0 bridgehead atoms. The number of amides is 2. The van der Waals surface area contributed by atoms with Crippen molar-refractivity contribution in [2.75, 3.05) is 6.61 Å². The quantitative estimate of drug-likeness (QED) is 0.648. The van der Waals surface area contributed by atoms with E-state index in [4.69, 9.17) is 4.74 Å². The van der Waals surface area contributed by atoms with E-state index >= 15 is 0 Å². The predicted octanol–water partition coefficient (Wildman–Crippen LogP) is 2.68. The highest BCUT2D eigenvalue weighted by Crippen LogP contribution is 2.21. The van der Waals surface area contributed by atoms with E-state index in [0.29, 0.717) is 11.3 Å². The van der Waals surface area contributed by atoms with Gasteiger partial charge in [-0.05, 0) is 48.7 Å². The van der Waals surface area contributed by atoms with Crippen LogP contribution in [0.1, 0.15) is 16.7 Å². The molecule has 0 saturated heterocycles. The van der Waals surface area contributed by atoms with Crippen LogP contribution in [-0.2, 0) is 9.59 Å². The van der Waals surface area contributed by atoms with Gasteiger partial charge in [0.1, 0.15) is 11.6 Å². The SMILES string of the molecule is Cc1cccc(C)c1OCC(=O)NNC(=O)C=Cc1ccc(F)cc1. The summed E-state index contributed by atoms with van der Waals surface area (Å²) < 4.78 is 18.3. The Kier molecular flexibility index (Phi) is 6.28. The van der Waals surface area contributed by atoms with Crippen LogP contribution in [0.4, 0.5) is 4.39 Å². The summed E-state index contributed by atoms with van der Waals surface area (Å²) in [6, 6.07) is 11.4. The van der Waals surface area contributed by atoms with Gasteiger partial charge in [-0.25, -0.2) is 4.39 Å². The molecule has 2 N–H and O–H groups in total. The van der Waals surface area contributed by atoms with Crippen LogP contribution in [0.2, 0.25) is 0 Å². The Morgan fingerprint density at radius 2 is 1.68 bits per heavy atom. The normalized spacial score (nSPS) is 10.5. The zero-order chi connectivity index (χ0) is 18.2. The summed E-state index contributed by atoms with van der Waals surface area (Å²) in [5.74, 6) is -0.686. The van der Waals surface area contributed by atoms with Gasteiger partial charge < -0.3 is 4.74 Å². The van der Waals surface area contributed by atoms with Gasteiger partial charge in [-0.1, -0.05) is 30.3 Å². The zero-order valence-electron chi connectivity index (χ0n) is 14.0. The second-order valence-electron chi connectivity index (χ2n) is 5.43. The molecule has 0 saturated carbocycles. The standard InChI is InChI=1S/C19H19FN2O3/c1-13-4-3-5-14(2)19(13)25-12-18(24)22-21-17(23)11-8-15-6-9-16(20)10-7-15/h3-11H,12H2,1-2H3,(H,21,23)(H,22,24). The number of carbonyl (C=O) groups is 2. The van der Waals surface area contributed by atoms with Gasteiger partial charge in [0, 0.05) is 6.08 Å². The summed E-state index contributed by atoms with van der Waals surface area (Å²) >= 11 is 0. The molecule has 2 rings (SSSR count). The number of nitrogens with one attached hydrogen (secondary N) is 2. The monoisotopic (exact) mass is 342 g/mol. The van der Waals surface area contributed by atoms with Crippen molar-refractivity contribution in [3.63, 3.8) is 0 Å². The lowest BCUT2D eigenvalue weighted by Gasteiger charge is -2.11. The van der Waals surface area contributed by atoms with Gasteiger partial charge in [0.2, 0.25) is 0 Å². The van der Waals surface area contributed by atoms with Crippen LogP contribution in [0.5, 0.6) is 5.75 Å². The Bertz CT molecular complexity index is 766. The third-order valence-corrected chi connectivity index (χ3v) is 3.38. The average molecular weight is 342 g/mol. The van der Waals surface area contributed by atoms with Crippen molar-refractivity contribution in [1.29, 1.82) is 0 Å². The number of hydrogen-bond acceptors (Lipinski definition) is 3. The number of benzene rings is 2. The molecule has 2 aromatic rings. The first-order valence-electron chi connectivity index (χ1n) is 7.67. The molecule has 0 aliphatic heterocycles. The first kappa shape index (κ1) is 18.2. The highest BCUT2D eigenvalue weighted by atomic mass is 19.1. The molecular weight excluding hydrogens is 323 g/mol. The smallest absolute Gasteiger partial charge is 0.276 e. The second-order valence-corrected chi connectivity index (χ2v) is 5.43. The lowest BCUT2D eigenvalue weighted by atomic mass is 10.1. The average Bonchev–Trinajstić information content (AvgIpc) is 2.59. The first-order chi connectivity index (χ1) is 12.0. The van der Waals surface area contributed by atoms with E-state index in [1.807, 2.05) is 32.0 Å². The molecular formula is C19H19FN2O3. The minimum absolute atomic E-state index is 0.215. The third kappa shape index (κ3) is 5.76. The molecule has 0 aromatic heterocycles. The number of halogens is 1. The van der Waals surface area contributed by atoms with E-state index in [-0.39, 0.29) is 12.4 Å². The van der Waals surface area contributed by atoms with Crippen LogP contribution in [0, 0.1) is 19.7 Å². The number of hydrazine groups is 1. The summed E-state index contributed by atoms with van der Waals surface area (Å²) in [4.78, 5) is 23.4. The molecule has 0 atom stereocenters. The van der Waals surface area contributed by atoms with Gasteiger partial charge in [-0.3, -0.25) is 20.4 Å². The van der Waals surface area contributed by atoms with Gasteiger partial charge >= 0.3 is 0 Å². The molecule has 0 spiro atoms. The molecule has 2 amide bonds. The lowest BCUT2D eigenvalue weighted by Crippen LogP contribution is -2.43. The van der Waals surface area contributed by atoms with Crippen LogP contribution >= 0.6 is 0 Å². The molecule has 0 aliphatic rings. The van der Waals surface area contributed by atoms with E-state index in [9.17, 15) is 14.0 Å². The van der Waals surface area contributed by atoms with Crippen molar-refractivity contribution >= 4 is 17.9 Å². The summed E-state index contributed by atoms with van der Waals surface area (Å²) in [6.45, 7) is 3.57. The topological polar surface area (TPSA) is 67.4 Å². The molecule has 6 heteroatoms. The number of aryl methyl sites for hydroxylation is 2. The maximum absolute atomic E-state index is 12.8. The number of ether oxygens (including phenoxy) is 1. The van der Waals surface area contributed by atoms with Crippen LogP contribution < -0.4 is 15.6 Å². The van der Waals surface area contributed by atoms with Crippen LogP contribution in [0.15, 0.2) is 48.5 Å². The number of carbonyl (C=O) groups excluding carboxylic acids is 2. The van der Waals surface area contributed by atoms with E-state index in [1.54, 1.807) is 0 Å². The summed E-state index contributed by atoms with van der Waals surface area (Å²) in [6.07, 6.45) is 2.74. The van der Waals surface area contributed by atoms with Crippen molar-refractivity contribution in [2.24, 2.45) is 0 Å². The fourth-order valence-corrected chi connectivity index (χ4v) is 2.12. The lowest BCUT2D eigenvalue weighted by molar-refractivity contribution is -0.128. The zero-order valence-corrected chi connectivity index (χ0v) is 14.0. The Balaban J connectivity index is 1.77. The molecule has 5 nitrogen and oxygen atoms in total. The number of hydrogen-bond donors (Lipinski definition) is 2. The van der Waals surface area contributed by atoms with E-state index in [2.05, 4.69) is 10.9 Å². The molecule has 25 heavy (non-hydrogen) atoms. The van der Waals surface area contributed by atoms with Gasteiger partial charge in [0.05, 0.1) is 0 Å². The largest absolute Gasteiger partial charge is 0.483 e. The molecule has 0 unspecified atom stereocenters. The van der Waals surface area contributed by atoms with Gasteiger partial charge in [-0.2, -0.15) is 0 Å². The maximum Gasteiger partial charge on any atom is 0.276 e. The molecule has 130 valence electrons. The molecule has 2 aromatic carbocycles. The summed E-state index contributed by atoms with van der Waals surface area (Å²) in [5.41, 5.74) is 7.04. The Morgan fingerprint density at radius 3 is 2.32 bits per heavy atom. The number of rotatable bonds is 5. The van der Waals surface area contributed by atoms with Crippen molar-refractivity contribution in [3.8, 4) is 5.75 Å². The van der Waals surface area contributed by atoms with E-state index < -0.39 is 11.8 Å². The minimum Gasteiger partial charge on any atom is -0.483 e. The number of para-hydroxylation sites is 1. The van der Waals surface area contributed by atoms with Crippen molar-refractivity contribution < 1.29 is 18.7 Å². The maximum atomic E-state index is 12.8. The molecule has 0 fully saturated rings. The molecule has 0 heterocycles. The minimum atomic E-state index is -0.509. The Morgan fingerprint density at radius 1 is 1.04 bits per heavy atom. The van der Waals surface area contributed by atoms with E-state index in [0.717, 1.165) is 11.1 Å². The Labute approximate surface area is 145 Å². The second kappa shape index (κ2) is 8.63. The van der Waals surface area contributed by atoms with Gasteiger partial charge in [-0.15, -0.1) is 0 Å². The van der Waals surface area contributed by atoms with Gasteiger partial charge in [0.25, 0.3) is 11.8 Å². The third-order valence-electron chi connectivity index (χ3n) is 3.38. The highest BCUT2D eigenvalue weighted by molar-refractivity contribution is 5.93. The summed E-state index contributed by atoms with van der Waals surface area (Å²) in [5, 5.41) is 0. The molecule has 0 aliphatic carbocycles. The first-order valence-corrected chi connectivity index (χ1v) is 7.67. The van der Waals surface area contributed by atoms with Crippen LogP contribution in [0.25, 0.3) is 6.08 Å². The Hall–Kier alpha value is -3.15. The van der Waals surface area contributed by atoms with Crippen LogP contribution in [0.3, 0.4) is 0 Å². The van der Waals surface area contributed by atoms with Crippen molar-refractivity contribution in [2.45, 2.75) is 13.8 Å². The van der Waals surface area contributed by atoms with Crippen LogP contribution in [-0.4, -0.2) is 18.4 Å². The van der Waals surface area contributed by atoms with E-state index in [1.165, 1.54) is 36.4 Å². The fraction of sp³-hybridized carbons (Fsp3) is 0.158. The molecule has 0 radical (unpaired) electrons. The van der Waals surface area contributed by atoms with Crippen molar-refractivity contribution in [1.82, 2.24) is 10.9 Å². The summed E-state index contributed by atoms with van der Waals surface area (Å²) in [7, 11) is 0. The van der Waals surface area contributed by atoms with Gasteiger partial charge in [0.15, 0.2) is 6.61 Å².